The summed E-state index contributed by atoms with van der Waals surface area (Å²) in [4.78, 5) is 0. The highest BCUT2D eigenvalue weighted by molar-refractivity contribution is 14.2. The van der Waals surface area contributed by atoms with Gasteiger partial charge in [0.2, 0.25) is 0 Å². The molecule has 3 N–H and O–H groups in total. The summed E-state index contributed by atoms with van der Waals surface area (Å²) < 4.78 is 3.79. The third-order valence-electron chi connectivity index (χ3n) is 4.29. The van der Waals surface area contributed by atoms with Crippen molar-refractivity contribution in [3.8, 4) is 5.75 Å². The minimum Gasteiger partial charge on any atom is -0.508 e. The largest absolute Gasteiger partial charge is 0.508 e. The summed E-state index contributed by atoms with van der Waals surface area (Å²) in [6.45, 7) is 4.39. The molecule has 2 nitrogen and oxygen atoms in total. The summed E-state index contributed by atoms with van der Waals surface area (Å²) in [7, 11) is 0. The number of thioether (sulfide) groups is 1. The second-order valence-corrected chi connectivity index (χ2v) is 10.6. The van der Waals surface area contributed by atoms with Crippen molar-refractivity contribution in [3.05, 3.63) is 51.6 Å². The molecule has 112 valence electrons. The highest BCUT2D eigenvalue weighted by Gasteiger charge is 2.41. The first-order chi connectivity index (χ1) is 9.98. The lowest BCUT2D eigenvalue weighted by Crippen LogP contribution is -2.52. The molecule has 0 saturated carbocycles. The normalized spacial score (nSPS) is 26.7. The Labute approximate surface area is 140 Å². The predicted molar refractivity (Wildman–Crippen MR) is 101 cm³/mol. The summed E-state index contributed by atoms with van der Waals surface area (Å²) in [5.74, 6) is 0.334. The molecule has 0 aromatic heterocycles. The Morgan fingerprint density at radius 2 is 2.14 bits per heavy atom. The van der Waals surface area contributed by atoms with Gasteiger partial charge in [0.1, 0.15) is 5.75 Å². The topological polar surface area (TPSA) is 46.2 Å². The van der Waals surface area contributed by atoms with Gasteiger partial charge in [-0.1, -0.05) is 52.8 Å². The van der Waals surface area contributed by atoms with E-state index in [0.29, 0.717) is 11.0 Å². The van der Waals surface area contributed by atoms with Gasteiger partial charge < -0.3 is 10.8 Å². The fraction of sp³-hybridized carbons (Fsp3) is 0.353. The molecule has 2 aliphatic rings. The van der Waals surface area contributed by atoms with Crippen molar-refractivity contribution in [1.82, 2.24) is 0 Å². The Kier molecular flexibility index (Phi) is 4.30. The van der Waals surface area contributed by atoms with E-state index in [2.05, 4.69) is 42.2 Å². The summed E-state index contributed by atoms with van der Waals surface area (Å²) in [6.07, 6.45) is 7.48. The van der Waals surface area contributed by atoms with E-state index in [9.17, 15) is 5.11 Å². The van der Waals surface area contributed by atoms with Crippen LogP contribution in [0, 0.1) is 0 Å². The highest BCUT2D eigenvalue weighted by Crippen LogP contribution is 2.42. The SMILES string of the molecule is CC1(C)c2cc(O)ccc2CC(SC2=IC=CC=C2)C1N. The molecule has 3 rings (SSSR count). The van der Waals surface area contributed by atoms with Gasteiger partial charge in [0, 0.05) is 19.5 Å². The zero-order chi connectivity index (χ0) is 15.0. The highest BCUT2D eigenvalue weighted by atomic mass is 127. The van der Waals surface area contributed by atoms with E-state index in [1.165, 1.54) is 14.0 Å². The zero-order valence-electron chi connectivity index (χ0n) is 12.2. The maximum Gasteiger partial charge on any atom is 0.115 e. The molecule has 2 atom stereocenters. The number of rotatable bonds is 2. The number of nitrogens with two attached hydrogens (primary N) is 1. The molecular formula is C17H20INOS. The molecule has 1 aliphatic carbocycles. The molecule has 0 fully saturated rings. The fourth-order valence-corrected chi connectivity index (χ4v) is 7.19. The average Bonchev–Trinajstić information content (AvgIpc) is 2.47. The summed E-state index contributed by atoms with van der Waals surface area (Å²) in [6, 6.07) is 5.82. The van der Waals surface area contributed by atoms with E-state index in [0.717, 1.165) is 6.42 Å². The molecule has 0 saturated heterocycles. The Balaban J connectivity index is 1.92. The number of halogens is 1. The van der Waals surface area contributed by atoms with Gasteiger partial charge >= 0.3 is 0 Å². The summed E-state index contributed by atoms with van der Waals surface area (Å²) >= 11 is 1.97. The summed E-state index contributed by atoms with van der Waals surface area (Å²) in [5, 5.41) is 10.2. The second kappa shape index (κ2) is 5.89. The zero-order valence-corrected chi connectivity index (χ0v) is 15.2. The van der Waals surface area contributed by atoms with Crippen molar-refractivity contribution in [1.29, 1.82) is 0 Å². The van der Waals surface area contributed by atoms with Crippen molar-refractivity contribution in [2.24, 2.45) is 5.73 Å². The van der Waals surface area contributed by atoms with Crippen molar-refractivity contribution in [3.63, 3.8) is 0 Å². The first-order valence-corrected chi connectivity index (χ1v) is 10.3. The molecule has 1 heterocycles. The van der Waals surface area contributed by atoms with Crippen LogP contribution in [0.3, 0.4) is 0 Å². The lowest BCUT2D eigenvalue weighted by Gasteiger charge is -2.43. The lowest BCUT2D eigenvalue weighted by atomic mass is 9.69. The third-order valence-corrected chi connectivity index (χ3v) is 8.52. The predicted octanol–water partition coefficient (Wildman–Crippen LogP) is 3.84. The molecule has 0 bridgehead atoms. The lowest BCUT2D eigenvalue weighted by molar-refractivity contribution is 0.370. The van der Waals surface area contributed by atoms with E-state index in [-0.39, 0.29) is 32.2 Å². The van der Waals surface area contributed by atoms with Crippen molar-refractivity contribution < 1.29 is 5.11 Å². The van der Waals surface area contributed by atoms with Crippen LogP contribution >= 0.6 is 32.5 Å². The molecule has 1 aliphatic heterocycles. The first kappa shape index (κ1) is 15.3. The van der Waals surface area contributed by atoms with Gasteiger partial charge in [0.25, 0.3) is 0 Å². The van der Waals surface area contributed by atoms with Crippen LogP contribution in [0.25, 0.3) is 0 Å². The molecule has 1 aromatic rings. The van der Waals surface area contributed by atoms with Crippen LogP contribution in [0.5, 0.6) is 5.75 Å². The van der Waals surface area contributed by atoms with Crippen LogP contribution in [0.4, 0.5) is 0 Å². The second-order valence-electron chi connectivity index (χ2n) is 6.04. The van der Waals surface area contributed by atoms with E-state index in [1.54, 1.807) is 6.07 Å². The van der Waals surface area contributed by atoms with Crippen LogP contribution in [0.1, 0.15) is 25.0 Å². The minimum atomic E-state index is -0.114. The van der Waals surface area contributed by atoms with Crippen LogP contribution in [-0.2, 0) is 11.8 Å². The van der Waals surface area contributed by atoms with Gasteiger partial charge in [-0.3, -0.25) is 0 Å². The van der Waals surface area contributed by atoms with Gasteiger partial charge in [0.15, 0.2) is 0 Å². The van der Waals surface area contributed by atoms with Gasteiger partial charge in [-0.2, -0.15) is 0 Å². The van der Waals surface area contributed by atoms with E-state index < -0.39 is 0 Å². The number of benzene rings is 1. The van der Waals surface area contributed by atoms with Crippen LogP contribution in [-0.4, -0.2) is 19.2 Å². The number of hydrogen-bond acceptors (Lipinski definition) is 3. The molecule has 1 aromatic carbocycles. The quantitative estimate of drug-likeness (QED) is 0.725. The van der Waals surface area contributed by atoms with Gasteiger partial charge in [0.05, 0.1) is 0 Å². The molecular weight excluding hydrogens is 393 g/mol. The smallest absolute Gasteiger partial charge is 0.115 e. The standard InChI is InChI=1S/C17H20INOS/c1-17(2)13-10-12(20)7-6-11(13)9-14(16(17)19)21-15-5-3-4-8-18-15/h3-8,10,14,16,20H,9,19H2,1-2H3. The van der Waals surface area contributed by atoms with Crippen molar-refractivity contribution in [2.45, 2.75) is 37.0 Å². The average molecular weight is 413 g/mol. The number of phenolic OH excluding ortho intramolecular Hbond substituents is 1. The third kappa shape index (κ3) is 2.98. The van der Waals surface area contributed by atoms with Gasteiger partial charge in [-0.25, -0.2) is 0 Å². The molecule has 2 unspecified atom stereocenters. The first-order valence-electron chi connectivity index (χ1n) is 7.06. The number of allylic oxidation sites excluding steroid dienone is 2. The molecule has 0 spiro atoms. The molecule has 4 heteroatoms. The Morgan fingerprint density at radius 3 is 2.86 bits per heavy atom. The number of aromatic hydroxyl groups is 1. The number of phenols is 1. The van der Waals surface area contributed by atoms with Crippen LogP contribution in [0.15, 0.2) is 40.5 Å². The minimum absolute atomic E-state index is 0.0142. The Bertz CT molecular complexity index is 648. The van der Waals surface area contributed by atoms with Crippen LogP contribution in [0.2, 0.25) is 0 Å². The number of fused-ring (bicyclic) bond motifs is 1. The molecule has 0 amide bonds. The van der Waals surface area contributed by atoms with Crippen molar-refractivity contribution >= 4 is 35.3 Å². The van der Waals surface area contributed by atoms with Gasteiger partial charge in [-0.15, -0.1) is 11.8 Å². The monoisotopic (exact) mass is 413 g/mol. The van der Waals surface area contributed by atoms with Crippen molar-refractivity contribution in [2.75, 3.05) is 0 Å². The van der Waals surface area contributed by atoms with E-state index in [1.807, 2.05) is 17.8 Å². The van der Waals surface area contributed by atoms with Gasteiger partial charge in [-0.05, 0) is 39.8 Å². The molecule has 0 radical (unpaired) electrons. The maximum absolute atomic E-state index is 9.77. The maximum atomic E-state index is 9.77. The van der Waals surface area contributed by atoms with E-state index in [4.69, 9.17) is 5.73 Å². The fourth-order valence-electron chi connectivity index (χ4n) is 2.96. The van der Waals surface area contributed by atoms with Crippen LogP contribution < -0.4 is 5.73 Å². The molecule has 21 heavy (non-hydrogen) atoms. The Hall–Kier alpha value is -0.590. The Morgan fingerprint density at radius 1 is 1.33 bits per heavy atom. The van der Waals surface area contributed by atoms with E-state index >= 15 is 0 Å². The summed E-state index contributed by atoms with van der Waals surface area (Å²) in [5.41, 5.74) is 9.00. The number of hydrogen-bond donors (Lipinski definition) is 2.